The van der Waals surface area contributed by atoms with Gasteiger partial charge in [-0.15, -0.1) is 11.6 Å². The van der Waals surface area contributed by atoms with Crippen molar-refractivity contribution in [3.8, 4) is 0 Å². The van der Waals surface area contributed by atoms with E-state index in [0.717, 1.165) is 42.1 Å². The van der Waals surface area contributed by atoms with E-state index in [1.54, 1.807) is 0 Å². The third-order valence-corrected chi connectivity index (χ3v) is 4.82. The lowest BCUT2D eigenvalue weighted by Gasteiger charge is -2.25. The zero-order chi connectivity index (χ0) is 15.4. The molecule has 0 spiro atoms. The van der Waals surface area contributed by atoms with E-state index in [1.165, 1.54) is 19.3 Å². The maximum Gasteiger partial charge on any atom is 0.131 e. The molecule has 2 heterocycles. The fourth-order valence-corrected chi connectivity index (χ4v) is 3.29. The van der Waals surface area contributed by atoms with E-state index in [4.69, 9.17) is 11.6 Å². The Morgan fingerprint density at radius 1 is 1.24 bits per heavy atom. The molecule has 0 N–H and O–H groups in total. The third-order valence-electron chi connectivity index (χ3n) is 4.56. The highest BCUT2D eigenvalue weighted by molar-refractivity contribution is 6.17. The fourth-order valence-electron chi connectivity index (χ4n) is 3.10. The van der Waals surface area contributed by atoms with Crippen molar-refractivity contribution in [1.29, 1.82) is 0 Å². The topological polar surface area (TPSA) is 29.0 Å². The van der Waals surface area contributed by atoms with Gasteiger partial charge in [-0.05, 0) is 31.1 Å². The van der Waals surface area contributed by atoms with Crippen molar-refractivity contribution >= 4 is 17.3 Å². The van der Waals surface area contributed by atoms with Crippen molar-refractivity contribution in [3.05, 3.63) is 17.7 Å². The van der Waals surface area contributed by atoms with Crippen LogP contribution in [0.1, 0.15) is 64.4 Å². The van der Waals surface area contributed by atoms with Gasteiger partial charge in [0.1, 0.15) is 5.82 Å². The highest BCUT2D eigenvalue weighted by Gasteiger charge is 2.22. The van der Waals surface area contributed by atoms with Gasteiger partial charge in [-0.1, -0.05) is 27.7 Å². The van der Waals surface area contributed by atoms with Gasteiger partial charge >= 0.3 is 0 Å². The zero-order valence-corrected chi connectivity index (χ0v) is 14.5. The molecule has 21 heavy (non-hydrogen) atoms. The van der Waals surface area contributed by atoms with Gasteiger partial charge in [0.05, 0.1) is 23.5 Å². The standard InChI is InChI=1S/C17H28ClN3/c1-12(2)14-6-5-8-21(9-7-14)16-11-19-17(13(3)4)20-15(16)10-18/h11-14H,5-10H2,1-4H3. The van der Waals surface area contributed by atoms with Crippen LogP contribution in [0, 0.1) is 11.8 Å². The van der Waals surface area contributed by atoms with Crippen LogP contribution in [-0.2, 0) is 5.88 Å². The average molecular weight is 310 g/mol. The minimum absolute atomic E-state index is 0.343. The number of rotatable bonds is 4. The molecule has 0 aliphatic carbocycles. The molecule has 1 aliphatic heterocycles. The summed E-state index contributed by atoms with van der Waals surface area (Å²) in [7, 11) is 0. The predicted octanol–water partition coefficient (Wildman–Crippen LogP) is 4.60. The summed E-state index contributed by atoms with van der Waals surface area (Å²) < 4.78 is 0. The maximum absolute atomic E-state index is 6.13. The molecule has 0 aromatic carbocycles. The fraction of sp³-hybridized carbons (Fsp3) is 0.765. The molecule has 1 fully saturated rings. The quantitative estimate of drug-likeness (QED) is 0.761. The van der Waals surface area contributed by atoms with Crippen LogP contribution in [0.2, 0.25) is 0 Å². The normalized spacial score (nSPS) is 20.1. The van der Waals surface area contributed by atoms with Gasteiger partial charge in [0.2, 0.25) is 0 Å². The minimum Gasteiger partial charge on any atom is -0.369 e. The second kappa shape index (κ2) is 7.44. The van der Waals surface area contributed by atoms with E-state index in [2.05, 4.69) is 42.6 Å². The van der Waals surface area contributed by atoms with Crippen LogP contribution in [0.4, 0.5) is 5.69 Å². The molecular formula is C17H28ClN3. The molecule has 1 atom stereocenters. The Balaban J connectivity index is 2.17. The molecular weight excluding hydrogens is 282 g/mol. The largest absolute Gasteiger partial charge is 0.369 e. The van der Waals surface area contributed by atoms with E-state index in [-0.39, 0.29) is 0 Å². The lowest BCUT2D eigenvalue weighted by molar-refractivity contribution is 0.351. The van der Waals surface area contributed by atoms with E-state index in [9.17, 15) is 0 Å². The van der Waals surface area contributed by atoms with Crippen LogP contribution < -0.4 is 4.90 Å². The Hall–Kier alpha value is -0.830. The number of anilines is 1. The molecule has 1 saturated heterocycles. The summed E-state index contributed by atoms with van der Waals surface area (Å²) in [4.78, 5) is 11.6. The molecule has 1 aliphatic rings. The smallest absolute Gasteiger partial charge is 0.131 e. The molecule has 2 rings (SSSR count). The molecule has 3 nitrogen and oxygen atoms in total. The molecule has 1 aromatic heterocycles. The number of nitrogens with zero attached hydrogens (tertiary/aromatic N) is 3. The van der Waals surface area contributed by atoms with Crippen molar-refractivity contribution < 1.29 is 0 Å². The van der Waals surface area contributed by atoms with Gasteiger partial charge < -0.3 is 4.90 Å². The Morgan fingerprint density at radius 3 is 2.62 bits per heavy atom. The van der Waals surface area contributed by atoms with Crippen LogP contribution in [0.3, 0.4) is 0 Å². The molecule has 0 amide bonds. The maximum atomic E-state index is 6.13. The first-order valence-corrected chi connectivity index (χ1v) is 8.73. The van der Waals surface area contributed by atoms with Gasteiger partial charge in [-0.25, -0.2) is 9.97 Å². The Labute approximate surface area is 134 Å². The van der Waals surface area contributed by atoms with Crippen LogP contribution >= 0.6 is 11.6 Å². The summed E-state index contributed by atoms with van der Waals surface area (Å²) in [6.45, 7) is 11.1. The lowest BCUT2D eigenvalue weighted by atomic mass is 9.89. The first-order valence-electron chi connectivity index (χ1n) is 8.19. The van der Waals surface area contributed by atoms with Crippen molar-refractivity contribution in [3.63, 3.8) is 0 Å². The SMILES string of the molecule is CC(C)c1ncc(N2CCCC(C(C)C)CC2)c(CCl)n1. The van der Waals surface area contributed by atoms with Crippen molar-refractivity contribution in [1.82, 2.24) is 9.97 Å². The highest BCUT2D eigenvalue weighted by atomic mass is 35.5. The first kappa shape index (κ1) is 16.5. The van der Waals surface area contributed by atoms with E-state index >= 15 is 0 Å². The second-order valence-electron chi connectivity index (χ2n) is 6.77. The van der Waals surface area contributed by atoms with Crippen LogP contribution in [0.25, 0.3) is 0 Å². The van der Waals surface area contributed by atoms with Gasteiger partial charge in [0.15, 0.2) is 0 Å². The zero-order valence-electron chi connectivity index (χ0n) is 13.8. The van der Waals surface area contributed by atoms with E-state index < -0.39 is 0 Å². The number of hydrogen-bond acceptors (Lipinski definition) is 3. The van der Waals surface area contributed by atoms with Crippen LogP contribution in [0.5, 0.6) is 0 Å². The Morgan fingerprint density at radius 2 is 2.00 bits per heavy atom. The van der Waals surface area contributed by atoms with Crippen molar-refractivity contribution in [2.75, 3.05) is 18.0 Å². The number of hydrogen-bond donors (Lipinski definition) is 0. The Kier molecular flexibility index (Phi) is 5.86. The van der Waals surface area contributed by atoms with Crippen molar-refractivity contribution in [2.45, 2.75) is 58.8 Å². The van der Waals surface area contributed by atoms with Crippen LogP contribution in [-0.4, -0.2) is 23.1 Å². The van der Waals surface area contributed by atoms with Gasteiger partial charge in [-0.3, -0.25) is 0 Å². The molecule has 0 bridgehead atoms. The minimum atomic E-state index is 0.343. The summed E-state index contributed by atoms with van der Waals surface area (Å²) in [5.41, 5.74) is 2.12. The Bertz CT molecular complexity index is 459. The summed E-state index contributed by atoms with van der Waals surface area (Å²) >= 11 is 6.13. The monoisotopic (exact) mass is 309 g/mol. The third kappa shape index (κ3) is 4.09. The molecule has 1 unspecified atom stereocenters. The number of alkyl halides is 1. The molecule has 4 heteroatoms. The van der Waals surface area contributed by atoms with E-state index in [1.807, 2.05) is 6.20 Å². The van der Waals surface area contributed by atoms with Gasteiger partial charge in [-0.2, -0.15) is 0 Å². The van der Waals surface area contributed by atoms with E-state index in [0.29, 0.717) is 11.8 Å². The second-order valence-corrected chi connectivity index (χ2v) is 7.04. The van der Waals surface area contributed by atoms with Crippen LogP contribution in [0.15, 0.2) is 6.20 Å². The first-order chi connectivity index (χ1) is 10.0. The number of halogens is 1. The molecule has 0 saturated carbocycles. The summed E-state index contributed by atoms with van der Waals surface area (Å²) in [6, 6.07) is 0. The predicted molar refractivity (Wildman–Crippen MR) is 90.1 cm³/mol. The summed E-state index contributed by atoms with van der Waals surface area (Å²) in [5, 5.41) is 0. The molecule has 1 aromatic rings. The molecule has 0 radical (unpaired) electrons. The highest BCUT2D eigenvalue weighted by Crippen LogP contribution is 2.29. The number of aromatic nitrogens is 2. The van der Waals surface area contributed by atoms with Gasteiger partial charge in [0.25, 0.3) is 0 Å². The van der Waals surface area contributed by atoms with Crippen molar-refractivity contribution in [2.24, 2.45) is 11.8 Å². The summed E-state index contributed by atoms with van der Waals surface area (Å²) in [5.74, 6) is 3.31. The lowest BCUT2D eigenvalue weighted by Crippen LogP contribution is -2.26. The summed E-state index contributed by atoms with van der Waals surface area (Å²) in [6.07, 6.45) is 5.81. The van der Waals surface area contributed by atoms with Gasteiger partial charge in [0, 0.05) is 19.0 Å². The molecule has 118 valence electrons. The average Bonchev–Trinajstić information content (AvgIpc) is 2.72.